The van der Waals surface area contributed by atoms with Gasteiger partial charge in [-0.05, 0) is 18.6 Å². The molecule has 1 heterocycles. The SMILES string of the molecule is C=C(/C=C\C=C/C)[C@@]1(CC(=O)OC)Oc2cc(F)cc(Br)c2[C@@H]1C. The van der Waals surface area contributed by atoms with Crippen LogP contribution in [-0.2, 0) is 9.53 Å². The van der Waals surface area contributed by atoms with Crippen molar-refractivity contribution in [3.05, 3.63) is 64.4 Å². The second-order valence-electron chi connectivity index (χ2n) is 5.68. The number of esters is 1. The zero-order valence-corrected chi connectivity index (χ0v) is 15.5. The fourth-order valence-corrected chi connectivity index (χ4v) is 3.70. The van der Waals surface area contributed by atoms with Crippen molar-refractivity contribution in [1.29, 1.82) is 0 Å². The Morgan fingerprint density at radius 3 is 2.83 bits per heavy atom. The molecule has 1 aromatic carbocycles. The van der Waals surface area contributed by atoms with Crippen LogP contribution in [0.1, 0.15) is 31.7 Å². The number of rotatable bonds is 5. The fourth-order valence-electron chi connectivity index (χ4n) is 2.94. The average molecular weight is 395 g/mol. The summed E-state index contributed by atoms with van der Waals surface area (Å²) in [5, 5.41) is 0. The average Bonchev–Trinajstić information content (AvgIpc) is 2.80. The third-order valence-electron chi connectivity index (χ3n) is 4.26. The molecule has 1 aromatic rings. The molecule has 1 aliphatic heterocycles. The molecule has 0 amide bonds. The maximum absolute atomic E-state index is 13.7. The number of ether oxygens (including phenoxy) is 2. The molecule has 2 rings (SSSR count). The van der Waals surface area contributed by atoms with Crippen molar-refractivity contribution >= 4 is 21.9 Å². The van der Waals surface area contributed by atoms with Crippen molar-refractivity contribution < 1.29 is 18.7 Å². The van der Waals surface area contributed by atoms with E-state index >= 15 is 0 Å². The summed E-state index contributed by atoms with van der Waals surface area (Å²) in [5.41, 5.74) is 0.437. The summed E-state index contributed by atoms with van der Waals surface area (Å²) >= 11 is 3.39. The van der Waals surface area contributed by atoms with Gasteiger partial charge < -0.3 is 9.47 Å². The highest BCUT2D eigenvalue weighted by atomic mass is 79.9. The van der Waals surface area contributed by atoms with Gasteiger partial charge >= 0.3 is 5.97 Å². The Labute approximate surface area is 150 Å². The number of hydrogen-bond donors (Lipinski definition) is 0. The highest BCUT2D eigenvalue weighted by Gasteiger charge is 2.50. The highest BCUT2D eigenvalue weighted by molar-refractivity contribution is 9.10. The number of fused-ring (bicyclic) bond motifs is 1. The van der Waals surface area contributed by atoms with E-state index in [9.17, 15) is 9.18 Å². The number of carbonyl (C=O) groups is 1. The van der Waals surface area contributed by atoms with Crippen LogP contribution in [0.5, 0.6) is 5.75 Å². The number of methoxy groups -OCH3 is 1. The van der Waals surface area contributed by atoms with Crippen LogP contribution >= 0.6 is 15.9 Å². The van der Waals surface area contributed by atoms with Crippen LogP contribution in [0, 0.1) is 5.82 Å². The Hall–Kier alpha value is -1.88. The number of carbonyl (C=O) groups excluding carboxylic acids is 1. The number of benzene rings is 1. The van der Waals surface area contributed by atoms with Gasteiger partial charge in [-0.2, -0.15) is 0 Å². The third-order valence-corrected chi connectivity index (χ3v) is 4.92. The van der Waals surface area contributed by atoms with Gasteiger partial charge in [0, 0.05) is 22.0 Å². The molecule has 1 aliphatic rings. The van der Waals surface area contributed by atoms with Crippen LogP contribution in [0.4, 0.5) is 4.39 Å². The van der Waals surface area contributed by atoms with Crippen molar-refractivity contribution in [2.45, 2.75) is 31.8 Å². The molecule has 0 saturated heterocycles. The predicted octanol–water partition coefficient (Wildman–Crippen LogP) is 5.07. The highest BCUT2D eigenvalue weighted by Crippen LogP contribution is 2.52. The number of hydrogen-bond acceptors (Lipinski definition) is 3. The van der Waals surface area contributed by atoms with Gasteiger partial charge in [-0.1, -0.05) is 53.7 Å². The number of halogens is 2. The van der Waals surface area contributed by atoms with Gasteiger partial charge in [-0.25, -0.2) is 4.39 Å². The van der Waals surface area contributed by atoms with Gasteiger partial charge in [-0.15, -0.1) is 0 Å². The Morgan fingerprint density at radius 1 is 1.50 bits per heavy atom. The third kappa shape index (κ3) is 3.31. The molecule has 0 spiro atoms. The van der Waals surface area contributed by atoms with Crippen LogP contribution in [0.2, 0.25) is 0 Å². The van der Waals surface area contributed by atoms with Crippen molar-refractivity contribution in [2.75, 3.05) is 7.11 Å². The van der Waals surface area contributed by atoms with E-state index in [0.29, 0.717) is 15.8 Å². The lowest BCUT2D eigenvalue weighted by Gasteiger charge is -2.33. The topological polar surface area (TPSA) is 35.5 Å². The van der Waals surface area contributed by atoms with Gasteiger partial charge in [0.05, 0.1) is 13.5 Å². The van der Waals surface area contributed by atoms with Crippen LogP contribution in [-0.4, -0.2) is 18.7 Å². The Bertz CT molecular complexity index is 724. The molecule has 24 heavy (non-hydrogen) atoms. The zero-order chi connectivity index (χ0) is 17.9. The van der Waals surface area contributed by atoms with E-state index in [0.717, 1.165) is 5.56 Å². The lowest BCUT2D eigenvalue weighted by Crippen LogP contribution is -2.41. The standard InChI is InChI=1S/C19H20BrFO3/c1-5-6-7-8-12(2)19(11-17(22)23-4)13(3)18-15(20)9-14(21)10-16(18)24-19/h5-10,13H,2,11H2,1,3-4H3/b6-5-,8-7-/t13-,19+/m0/s1. The molecular formula is C19H20BrFO3. The van der Waals surface area contributed by atoms with E-state index in [1.54, 1.807) is 6.08 Å². The maximum atomic E-state index is 13.7. The molecule has 128 valence electrons. The van der Waals surface area contributed by atoms with Crippen molar-refractivity contribution in [2.24, 2.45) is 0 Å². The van der Waals surface area contributed by atoms with Gasteiger partial charge in [0.2, 0.25) is 0 Å². The summed E-state index contributed by atoms with van der Waals surface area (Å²) in [6.45, 7) is 7.93. The van der Waals surface area contributed by atoms with Crippen LogP contribution < -0.4 is 4.74 Å². The summed E-state index contributed by atoms with van der Waals surface area (Å²) in [4.78, 5) is 12.0. The van der Waals surface area contributed by atoms with Gasteiger partial charge in [-0.3, -0.25) is 4.79 Å². The van der Waals surface area contributed by atoms with Gasteiger partial charge in [0.1, 0.15) is 11.6 Å². The molecule has 0 unspecified atom stereocenters. The van der Waals surface area contributed by atoms with E-state index in [1.807, 2.05) is 32.1 Å². The van der Waals surface area contributed by atoms with E-state index in [2.05, 4.69) is 22.5 Å². The first-order valence-electron chi connectivity index (χ1n) is 7.59. The van der Waals surface area contributed by atoms with E-state index in [-0.39, 0.29) is 12.3 Å². The maximum Gasteiger partial charge on any atom is 0.309 e. The summed E-state index contributed by atoms with van der Waals surface area (Å²) in [5.74, 6) is -0.605. The molecule has 5 heteroatoms. The molecule has 0 fully saturated rings. The Kier molecular flexibility index (Phi) is 5.65. The predicted molar refractivity (Wildman–Crippen MR) is 95.6 cm³/mol. The van der Waals surface area contributed by atoms with Crippen molar-refractivity contribution in [1.82, 2.24) is 0 Å². The van der Waals surface area contributed by atoms with Crippen molar-refractivity contribution in [3.63, 3.8) is 0 Å². The monoisotopic (exact) mass is 394 g/mol. The van der Waals surface area contributed by atoms with Crippen LogP contribution in [0.25, 0.3) is 0 Å². The van der Waals surface area contributed by atoms with E-state index < -0.39 is 17.4 Å². The Balaban J connectivity index is 2.51. The molecule has 0 aliphatic carbocycles. The number of allylic oxidation sites excluding steroid dienone is 3. The molecule has 0 aromatic heterocycles. The molecule has 3 nitrogen and oxygen atoms in total. The first kappa shape index (κ1) is 18.5. The zero-order valence-electron chi connectivity index (χ0n) is 13.9. The first-order chi connectivity index (χ1) is 11.4. The minimum absolute atomic E-state index is 0.00752. The summed E-state index contributed by atoms with van der Waals surface area (Å²) in [6, 6.07) is 2.73. The van der Waals surface area contributed by atoms with E-state index in [1.165, 1.54) is 19.2 Å². The lowest BCUT2D eigenvalue weighted by molar-refractivity contribution is -0.144. The molecule has 0 bridgehead atoms. The minimum atomic E-state index is -1.01. The smallest absolute Gasteiger partial charge is 0.309 e. The summed E-state index contributed by atoms with van der Waals surface area (Å²) in [7, 11) is 1.33. The normalized spacial score (nSPS) is 22.6. The molecule has 0 N–H and O–H groups in total. The summed E-state index contributed by atoms with van der Waals surface area (Å²) < 4.78 is 25.3. The fraction of sp³-hybridized carbons (Fsp3) is 0.316. The lowest BCUT2D eigenvalue weighted by atomic mass is 9.78. The molecule has 0 radical (unpaired) electrons. The largest absolute Gasteiger partial charge is 0.481 e. The van der Waals surface area contributed by atoms with Gasteiger partial charge in [0.25, 0.3) is 0 Å². The summed E-state index contributed by atoms with van der Waals surface area (Å²) in [6.07, 6.45) is 7.37. The molecule has 0 saturated carbocycles. The van der Waals surface area contributed by atoms with Crippen LogP contribution in [0.15, 0.2) is 53.1 Å². The van der Waals surface area contributed by atoms with Crippen molar-refractivity contribution in [3.8, 4) is 5.75 Å². The molecule has 2 atom stereocenters. The molecular weight excluding hydrogens is 375 g/mol. The van der Waals surface area contributed by atoms with E-state index in [4.69, 9.17) is 9.47 Å². The second-order valence-corrected chi connectivity index (χ2v) is 6.53. The van der Waals surface area contributed by atoms with Gasteiger partial charge in [0.15, 0.2) is 5.60 Å². The first-order valence-corrected chi connectivity index (χ1v) is 8.38. The quantitative estimate of drug-likeness (QED) is 0.516. The Morgan fingerprint density at radius 2 is 2.21 bits per heavy atom. The van der Waals surface area contributed by atoms with Crippen LogP contribution in [0.3, 0.4) is 0 Å². The second kappa shape index (κ2) is 7.34. The minimum Gasteiger partial charge on any atom is -0.481 e.